The van der Waals surface area contributed by atoms with E-state index in [0.29, 0.717) is 18.6 Å². The summed E-state index contributed by atoms with van der Waals surface area (Å²) < 4.78 is 0. The summed E-state index contributed by atoms with van der Waals surface area (Å²) in [6.45, 7) is 0. The molecule has 0 aromatic carbocycles. The minimum absolute atomic E-state index is 0. The van der Waals surface area contributed by atoms with Gasteiger partial charge in [0.05, 0.1) is 0 Å². The lowest BCUT2D eigenvalue weighted by Crippen LogP contribution is -1.83. The molecular weight excluding hydrogens is 203 g/mol. The molecule has 0 aliphatic heterocycles. The average Bonchev–Trinajstić information content (AvgIpc) is 1.86. The Morgan fingerprint density at radius 2 is 1.71 bits per heavy atom. The predicted molar refractivity (Wildman–Crippen MR) is 38.8 cm³/mol. The highest BCUT2D eigenvalue weighted by molar-refractivity contribution is 14.0. The highest BCUT2D eigenvalue weighted by atomic mass is 127. The quantitative estimate of drug-likeness (QED) is 0.437. The lowest BCUT2D eigenvalue weighted by atomic mass is 10.3. The van der Waals surface area contributed by atoms with Gasteiger partial charge in [-0.3, -0.25) is 4.79 Å². The molecule has 0 amide bonds. The van der Waals surface area contributed by atoms with E-state index in [1.165, 1.54) is 0 Å². The molecule has 0 heterocycles. The van der Waals surface area contributed by atoms with E-state index in [-0.39, 0.29) is 24.0 Å². The van der Waals surface area contributed by atoms with Crippen molar-refractivity contribution in [2.75, 3.05) is 0 Å². The first-order chi connectivity index (χ1) is 2.89. The van der Waals surface area contributed by atoms with Gasteiger partial charge in [-0.2, -0.15) is 0 Å². The molecule has 0 bridgehead atoms. The summed E-state index contributed by atoms with van der Waals surface area (Å²) in [5.41, 5.74) is 0. The van der Waals surface area contributed by atoms with Crippen LogP contribution in [0, 0.1) is 0 Å². The molecule has 0 saturated heterocycles. The summed E-state index contributed by atoms with van der Waals surface area (Å²) in [6, 6.07) is 0. The first-order valence-corrected chi connectivity index (χ1v) is 2.06. The van der Waals surface area contributed by atoms with Gasteiger partial charge >= 0.3 is 0 Å². The fourth-order valence-electron chi connectivity index (χ4n) is 0.513. The lowest BCUT2D eigenvalue weighted by molar-refractivity contribution is -0.116. The van der Waals surface area contributed by atoms with Gasteiger partial charge in [-0.15, -0.1) is 24.0 Å². The van der Waals surface area contributed by atoms with Gasteiger partial charge in [0.1, 0.15) is 5.78 Å². The maximum atomic E-state index is 10.2. The van der Waals surface area contributed by atoms with Crippen LogP contribution < -0.4 is 0 Å². The Hall–Kier alpha value is 0.140. The van der Waals surface area contributed by atoms with E-state index in [1.807, 2.05) is 12.2 Å². The summed E-state index contributed by atoms with van der Waals surface area (Å²) in [5, 5.41) is 0. The summed E-state index contributed by atoms with van der Waals surface area (Å²) in [5.74, 6) is 0.343. The number of hydrogen-bond donors (Lipinski definition) is 0. The van der Waals surface area contributed by atoms with Crippen LogP contribution in [0.1, 0.15) is 12.8 Å². The Morgan fingerprint density at radius 3 is 1.86 bits per heavy atom. The standard InChI is InChI=1S/C5H6O.HI/c6-5-3-1-2-4-5;/h1-2H,3-4H2;1H. The molecule has 0 aromatic heterocycles. The lowest BCUT2D eigenvalue weighted by Gasteiger charge is -1.72. The summed E-state index contributed by atoms with van der Waals surface area (Å²) in [7, 11) is 0. The molecule has 1 nitrogen and oxygen atoms in total. The van der Waals surface area contributed by atoms with E-state index >= 15 is 0 Å². The van der Waals surface area contributed by atoms with Crippen LogP contribution in [0.4, 0.5) is 0 Å². The molecule has 0 atom stereocenters. The summed E-state index contributed by atoms with van der Waals surface area (Å²) in [4.78, 5) is 10.2. The molecule has 0 aromatic rings. The molecule has 1 rings (SSSR count). The third-order valence-corrected chi connectivity index (χ3v) is 0.858. The van der Waals surface area contributed by atoms with E-state index in [0.717, 1.165) is 0 Å². The van der Waals surface area contributed by atoms with Gasteiger partial charge in [0.25, 0.3) is 0 Å². The van der Waals surface area contributed by atoms with E-state index in [2.05, 4.69) is 0 Å². The van der Waals surface area contributed by atoms with E-state index in [4.69, 9.17) is 0 Å². The minimum Gasteiger partial charge on any atom is -0.299 e. The van der Waals surface area contributed by atoms with Gasteiger partial charge < -0.3 is 0 Å². The van der Waals surface area contributed by atoms with Gasteiger partial charge in [-0.25, -0.2) is 0 Å². The van der Waals surface area contributed by atoms with Crippen molar-refractivity contribution in [1.82, 2.24) is 0 Å². The Kier molecular flexibility index (Phi) is 3.25. The zero-order chi connectivity index (χ0) is 4.41. The maximum absolute atomic E-state index is 10.2. The number of rotatable bonds is 0. The molecule has 0 spiro atoms. The van der Waals surface area contributed by atoms with Crippen LogP contribution in [-0.2, 0) is 4.79 Å². The topological polar surface area (TPSA) is 17.1 Å². The smallest absolute Gasteiger partial charge is 0.140 e. The SMILES string of the molecule is I.O=C1CC=CC1. The fourth-order valence-corrected chi connectivity index (χ4v) is 0.513. The predicted octanol–water partition coefficient (Wildman–Crippen LogP) is 1.52. The normalized spacial score (nSPS) is 16.9. The Morgan fingerprint density at radius 1 is 1.29 bits per heavy atom. The van der Waals surface area contributed by atoms with Gasteiger partial charge in [0, 0.05) is 12.8 Å². The van der Waals surface area contributed by atoms with E-state index in [9.17, 15) is 4.79 Å². The Balaban J connectivity index is 0.000000360. The molecule has 40 valence electrons. The van der Waals surface area contributed by atoms with Crippen LogP contribution in [0.5, 0.6) is 0 Å². The highest BCUT2D eigenvalue weighted by Gasteiger charge is 1.99. The molecule has 1 aliphatic rings. The summed E-state index contributed by atoms with van der Waals surface area (Å²) >= 11 is 0. The third-order valence-electron chi connectivity index (χ3n) is 0.858. The van der Waals surface area contributed by atoms with Crippen LogP contribution in [0.15, 0.2) is 12.2 Å². The van der Waals surface area contributed by atoms with Crippen LogP contribution >= 0.6 is 24.0 Å². The second kappa shape index (κ2) is 3.18. The molecule has 0 fully saturated rings. The molecule has 0 N–H and O–H groups in total. The molecular formula is C5H7IO. The van der Waals surface area contributed by atoms with Crippen molar-refractivity contribution in [2.24, 2.45) is 0 Å². The van der Waals surface area contributed by atoms with Gasteiger partial charge in [0.15, 0.2) is 0 Å². The summed E-state index contributed by atoms with van der Waals surface area (Å²) in [6.07, 6.45) is 5.14. The van der Waals surface area contributed by atoms with E-state index < -0.39 is 0 Å². The van der Waals surface area contributed by atoms with Crippen LogP contribution in [0.25, 0.3) is 0 Å². The molecule has 7 heavy (non-hydrogen) atoms. The van der Waals surface area contributed by atoms with Crippen molar-refractivity contribution in [2.45, 2.75) is 12.8 Å². The Labute approximate surface area is 59.8 Å². The number of allylic oxidation sites excluding steroid dienone is 2. The monoisotopic (exact) mass is 210 g/mol. The second-order valence-electron chi connectivity index (χ2n) is 1.42. The second-order valence-corrected chi connectivity index (χ2v) is 1.42. The zero-order valence-corrected chi connectivity index (χ0v) is 6.22. The Bertz CT molecular complexity index is 86.3. The number of Topliss-reactive ketones (excluding diaryl/α,β-unsaturated/α-hetero) is 1. The van der Waals surface area contributed by atoms with Gasteiger partial charge in [-0.05, 0) is 0 Å². The van der Waals surface area contributed by atoms with Crippen molar-refractivity contribution in [3.8, 4) is 0 Å². The molecule has 0 radical (unpaired) electrons. The molecule has 2 heteroatoms. The number of hydrogen-bond acceptors (Lipinski definition) is 1. The van der Waals surface area contributed by atoms with Crippen molar-refractivity contribution in [1.29, 1.82) is 0 Å². The number of carbonyl (C=O) groups is 1. The maximum Gasteiger partial charge on any atom is 0.140 e. The highest BCUT2D eigenvalue weighted by Crippen LogP contribution is 2.00. The number of halogens is 1. The number of carbonyl (C=O) groups excluding carboxylic acids is 1. The van der Waals surface area contributed by atoms with Crippen molar-refractivity contribution < 1.29 is 4.79 Å². The van der Waals surface area contributed by atoms with Crippen LogP contribution in [-0.4, -0.2) is 5.78 Å². The first kappa shape index (κ1) is 7.14. The van der Waals surface area contributed by atoms with Crippen molar-refractivity contribution in [3.05, 3.63) is 12.2 Å². The average molecular weight is 210 g/mol. The molecule has 1 aliphatic carbocycles. The third kappa shape index (κ3) is 2.06. The van der Waals surface area contributed by atoms with Crippen LogP contribution in [0.3, 0.4) is 0 Å². The number of ketones is 1. The fraction of sp³-hybridized carbons (Fsp3) is 0.400. The van der Waals surface area contributed by atoms with E-state index in [1.54, 1.807) is 0 Å². The zero-order valence-electron chi connectivity index (χ0n) is 3.89. The van der Waals surface area contributed by atoms with Crippen LogP contribution in [0.2, 0.25) is 0 Å². The van der Waals surface area contributed by atoms with Gasteiger partial charge in [0.2, 0.25) is 0 Å². The molecule has 0 unspecified atom stereocenters. The van der Waals surface area contributed by atoms with Gasteiger partial charge in [-0.1, -0.05) is 12.2 Å². The largest absolute Gasteiger partial charge is 0.299 e. The van der Waals surface area contributed by atoms with Crippen molar-refractivity contribution >= 4 is 29.8 Å². The molecule has 0 saturated carbocycles. The minimum atomic E-state index is 0. The van der Waals surface area contributed by atoms with Crippen molar-refractivity contribution in [3.63, 3.8) is 0 Å². The first-order valence-electron chi connectivity index (χ1n) is 2.06.